The quantitative estimate of drug-likeness (QED) is 0.393. The molecule has 1 fully saturated rings. The summed E-state index contributed by atoms with van der Waals surface area (Å²) >= 11 is 0. The van der Waals surface area contributed by atoms with Gasteiger partial charge in [0.15, 0.2) is 5.96 Å². The summed E-state index contributed by atoms with van der Waals surface area (Å²) < 4.78 is 1.74. The average molecular weight is 470 g/mol. The second-order valence-corrected chi connectivity index (χ2v) is 6.15. The molecule has 1 aliphatic rings. The van der Waals surface area contributed by atoms with E-state index >= 15 is 0 Å². The molecule has 3 heterocycles. The zero-order valence-corrected chi connectivity index (χ0v) is 17.7. The van der Waals surface area contributed by atoms with Gasteiger partial charge in [-0.2, -0.15) is 5.10 Å². The topological polar surface area (TPSA) is 83.3 Å². The molecule has 0 amide bonds. The molecule has 142 valence electrons. The number of hydrogen-bond donors (Lipinski definition) is 2. The Bertz CT molecular complexity index is 708. The summed E-state index contributed by atoms with van der Waals surface area (Å²) in [6, 6.07) is 4.20. The number of piperidine rings is 1. The van der Waals surface area contributed by atoms with Crippen LogP contribution in [-0.2, 0) is 20.1 Å². The third kappa shape index (κ3) is 5.55. The van der Waals surface area contributed by atoms with Crippen molar-refractivity contribution in [1.29, 1.82) is 0 Å². The van der Waals surface area contributed by atoms with E-state index < -0.39 is 0 Å². The van der Waals surface area contributed by atoms with Crippen molar-refractivity contribution in [3.8, 4) is 0 Å². The molecule has 0 bridgehead atoms. The Labute approximate surface area is 171 Å². The van der Waals surface area contributed by atoms with Crippen LogP contribution < -0.4 is 15.5 Å². The molecular formula is C17H27IN8. The van der Waals surface area contributed by atoms with Gasteiger partial charge in [0.1, 0.15) is 18.0 Å². The van der Waals surface area contributed by atoms with Crippen LogP contribution in [0.5, 0.6) is 0 Å². The molecule has 3 rings (SSSR count). The van der Waals surface area contributed by atoms with Gasteiger partial charge in [-0.3, -0.25) is 9.67 Å². The van der Waals surface area contributed by atoms with Crippen molar-refractivity contribution < 1.29 is 0 Å². The summed E-state index contributed by atoms with van der Waals surface area (Å²) in [5, 5.41) is 10.6. The number of aryl methyl sites for hydroxylation is 1. The number of hydrogen-bond acceptors (Lipinski definition) is 5. The van der Waals surface area contributed by atoms with E-state index in [1.54, 1.807) is 18.1 Å². The molecule has 0 aromatic carbocycles. The van der Waals surface area contributed by atoms with E-state index in [0.717, 1.165) is 30.7 Å². The minimum Gasteiger partial charge on any atom is -0.357 e. The normalized spacial score (nSPS) is 14.7. The average Bonchev–Trinajstić information content (AvgIpc) is 3.08. The molecule has 0 aliphatic carbocycles. The molecule has 2 aromatic heterocycles. The number of nitrogens with one attached hydrogen (secondary N) is 2. The molecule has 2 aromatic rings. The van der Waals surface area contributed by atoms with Gasteiger partial charge in [0.05, 0.1) is 6.54 Å². The van der Waals surface area contributed by atoms with Gasteiger partial charge in [-0.15, -0.1) is 24.0 Å². The number of nitrogens with zero attached hydrogens (tertiary/aromatic N) is 6. The Hall–Kier alpha value is -1.91. The van der Waals surface area contributed by atoms with E-state index in [-0.39, 0.29) is 24.0 Å². The van der Waals surface area contributed by atoms with Crippen LogP contribution in [0.15, 0.2) is 29.6 Å². The minimum absolute atomic E-state index is 0. The zero-order valence-electron chi connectivity index (χ0n) is 15.4. The number of aromatic nitrogens is 4. The molecule has 1 aliphatic heterocycles. The maximum Gasteiger partial charge on any atom is 0.191 e. The highest BCUT2D eigenvalue weighted by molar-refractivity contribution is 14.0. The summed E-state index contributed by atoms with van der Waals surface area (Å²) in [5.41, 5.74) is 1.19. The smallest absolute Gasteiger partial charge is 0.191 e. The van der Waals surface area contributed by atoms with Crippen molar-refractivity contribution in [2.75, 3.05) is 25.0 Å². The van der Waals surface area contributed by atoms with Crippen LogP contribution in [0.2, 0.25) is 0 Å². The number of guanidine groups is 1. The monoisotopic (exact) mass is 470 g/mol. The predicted molar refractivity (Wildman–Crippen MR) is 114 cm³/mol. The van der Waals surface area contributed by atoms with Crippen LogP contribution in [-0.4, -0.2) is 45.8 Å². The van der Waals surface area contributed by atoms with Crippen molar-refractivity contribution >= 4 is 35.8 Å². The van der Waals surface area contributed by atoms with Gasteiger partial charge in [0, 0.05) is 39.9 Å². The van der Waals surface area contributed by atoms with Gasteiger partial charge in [-0.25, -0.2) is 9.97 Å². The molecule has 0 saturated carbocycles. The molecule has 0 spiro atoms. The van der Waals surface area contributed by atoms with Crippen molar-refractivity contribution in [2.24, 2.45) is 12.0 Å². The number of rotatable bonds is 5. The Morgan fingerprint density at radius 3 is 2.62 bits per heavy atom. The lowest BCUT2D eigenvalue weighted by Gasteiger charge is -2.28. The van der Waals surface area contributed by atoms with Crippen molar-refractivity contribution in [3.05, 3.63) is 36.0 Å². The molecule has 9 heteroatoms. The summed E-state index contributed by atoms with van der Waals surface area (Å²) in [5.74, 6) is 2.67. The Kier molecular flexibility index (Phi) is 8.07. The van der Waals surface area contributed by atoms with E-state index in [4.69, 9.17) is 0 Å². The van der Waals surface area contributed by atoms with Gasteiger partial charge in [-0.1, -0.05) is 0 Å². The number of aliphatic imine (C=N–C) groups is 1. The van der Waals surface area contributed by atoms with Gasteiger partial charge < -0.3 is 15.5 Å². The second kappa shape index (κ2) is 10.3. The standard InChI is InChI=1S/C17H26N8.HI/c1-18-17(21-12-16-22-13-23-24(16)2)20-11-14-6-7-19-15(10-14)25-8-4-3-5-9-25;/h6-7,10,13H,3-5,8-9,11-12H2,1-2H3,(H2,18,20,21);1H. The second-order valence-electron chi connectivity index (χ2n) is 6.15. The largest absolute Gasteiger partial charge is 0.357 e. The first kappa shape index (κ1) is 20.4. The Morgan fingerprint density at radius 1 is 1.15 bits per heavy atom. The van der Waals surface area contributed by atoms with Crippen molar-refractivity contribution in [1.82, 2.24) is 30.4 Å². The van der Waals surface area contributed by atoms with Crippen LogP contribution in [0.4, 0.5) is 5.82 Å². The van der Waals surface area contributed by atoms with E-state index in [1.807, 2.05) is 19.3 Å². The summed E-state index contributed by atoms with van der Waals surface area (Å²) in [6.45, 7) is 3.48. The molecule has 0 unspecified atom stereocenters. The minimum atomic E-state index is 0. The highest BCUT2D eigenvalue weighted by Gasteiger charge is 2.12. The SMILES string of the molecule is CN=C(NCc1ccnc(N2CCCCC2)c1)NCc1ncnn1C.I. The number of anilines is 1. The van der Waals surface area contributed by atoms with Gasteiger partial charge in [0.25, 0.3) is 0 Å². The molecule has 0 atom stereocenters. The van der Waals surface area contributed by atoms with E-state index in [1.165, 1.54) is 24.8 Å². The van der Waals surface area contributed by atoms with Crippen LogP contribution in [0.3, 0.4) is 0 Å². The van der Waals surface area contributed by atoms with Crippen LogP contribution in [0.1, 0.15) is 30.7 Å². The van der Waals surface area contributed by atoms with Gasteiger partial charge in [-0.05, 0) is 37.0 Å². The summed E-state index contributed by atoms with van der Waals surface area (Å²) in [4.78, 5) is 15.3. The maximum atomic E-state index is 4.52. The van der Waals surface area contributed by atoms with E-state index in [0.29, 0.717) is 13.1 Å². The number of halogens is 1. The van der Waals surface area contributed by atoms with E-state index in [9.17, 15) is 0 Å². The molecule has 2 N–H and O–H groups in total. The summed E-state index contributed by atoms with van der Waals surface area (Å²) in [6.07, 6.45) is 7.26. The highest BCUT2D eigenvalue weighted by atomic mass is 127. The highest BCUT2D eigenvalue weighted by Crippen LogP contribution is 2.18. The van der Waals surface area contributed by atoms with Crippen LogP contribution in [0.25, 0.3) is 0 Å². The van der Waals surface area contributed by atoms with Crippen LogP contribution in [0, 0.1) is 0 Å². The molecule has 8 nitrogen and oxygen atoms in total. The first-order valence-electron chi connectivity index (χ1n) is 8.73. The fraction of sp³-hybridized carbons (Fsp3) is 0.529. The molecule has 0 radical (unpaired) electrons. The first-order chi connectivity index (χ1) is 12.3. The van der Waals surface area contributed by atoms with Crippen LogP contribution >= 0.6 is 24.0 Å². The van der Waals surface area contributed by atoms with Crippen molar-refractivity contribution in [3.63, 3.8) is 0 Å². The first-order valence-corrected chi connectivity index (χ1v) is 8.73. The Balaban J connectivity index is 0.00000243. The lowest BCUT2D eigenvalue weighted by Crippen LogP contribution is -2.37. The zero-order chi connectivity index (χ0) is 17.5. The molecule has 1 saturated heterocycles. The predicted octanol–water partition coefficient (Wildman–Crippen LogP) is 1.68. The van der Waals surface area contributed by atoms with Gasteiger partial charge in [0.2, 0.25) is 0 Å². The molecular weight excluding hydrogens is 443 g/mol. The third-order valence-corrected chi connectivity index (χ3v) is 4.39. The van der Waals surface area contributed by atoms with Crippen molar-refractivity contribution in [2.45, 2.75) is 32.4 Å². The lowest BCUT2D eigenvalue weighted by atomic mass is 10.1. The fourth-order valence-electron chi connectivity index (χ4n) is 2.92. The number of pyridine rings is 1. The summed E-state index contributed by atoms with van der Waals surface area (Å²) in [7, 11) is 3.64. The molecule has 26 heavy (non-hydrogen) atoms. The lowest BCUT2D eigenvalue weighted by molar-refractivity contribution is 0.573. The van der Waals surface area contributed by atoms with E-state index in [2.05, 4.69) is 41.7 Å². The third-order valence-electron chi connectivity index (χ3n) is 4.39. The fourth-order valence-corrected chi connectivity index (χ4v) is 2.92. The Morgan fingerprint density at radius 2 is 1.92 bits per heavy atom. The van der Waals surface area contributed by atoms with Gasteiger partial charge >= 0.3 is 0 Å². The maximum absolute atomic E-state index is 4.52.